The van der Waals surface area contributed by atoms with Crippen LogP contribution in [-0.4, -0.2) is 21.7 Å². The largest absolute Gasteiger partial charge is 0.492 e. The summed E-state index contributed by atoms with van der Waals surface area (Å²) in [5.41, 5.74) is 1.22. The van der Waals surface area contributed by atoms with E-state index in [1.165, 1.54) is 0 Å². The van der Waals surface area contributed by atoms with Crippen LogP contribution in [0.25, 0.3) is 0 Å². The summed E-state index contributed by atoms with van der Waals surface area (Å²) in [5.74, 6) is 0.640. The van der Waals surface area contributed by atoms with E-state index in [1.54, 1.807) is 30.7 Å². The van der Waals surface area contributed by atoms with E-state index < -0.39 is 6.10 Å². The maximum atomic E-state index is 10.3. The molecule has 0 saturated carbocycles. The maximum absolute atomic E-state index is 10.3. The van der Waals surface area contributed by atoms with Crippen LogP contribution < -0.4 is 4.74 Å². The van der Waals surface area contributed by atoms with Crippen LogP contribution >= 0.6 is 15.9 Å². The fraction of sp³-hybridized carbons (Fsp3) is 0.231. The fourth-order valence-corrected chi connectivity index (χ4v) is 2.06. The number of aromatic nitrogens is 2. The number of rotatable bonds is 4. The van der Waals surface area contributed by atoms with Gasteiger partial charge in [0.05, 0.1) is 18.5 Å². The van der Waals surface area contributed by atoms with Crippen molar-refractivity contribution in [3.05, 3.63) is 52.5 Å². The highest BCUT2D eigenvalue weighted by Crippen LogP contribution is 2.27. The number of hydrogen-bond donors (Lipinski definition) is 1. The molecule has 2 heterocycles. The molecule has 4 nitrogen and oxygen atoms in total. The molecule has 5 heteroatoms. The third-order valence-electron chi connectivity index (χ3n) is 2.41. The van der Waals surface area contributed by atoms with E-state index in [-0.39, 0.29) is 0 Å². The van der Waals surface area contributed by atoms with Crippen molar-refractivity contribution in [2.75, 3.05) is 6.61 Å². The van der Waals surface area contributed by atoms with Crippen molar-refractivity contribution in [1.29, 1.82) is 0 Å². The quantitative estimate of drug-likeness (QED) is 0.943. The Labute approximate surface area is 114 Å². The molecule has 0 aliphatic rings. The first kappa shape index (κ1) is 13.0. The molecule has 1 atom stereocenters. The van der Waals surface area contributed by atoms with Crippen LogP contribution in [0, 0.1) is 0 Å². The molecule has 0 saturated heterocycles. The molecule has 0 aromatic carbocycles. The van der Waals surface area contributed by atoms with Crippen molar-refractivity contribution in [2.24, 2.45) is 0 Å². The molecule has 1 N–H and O–H groups in total. The lowest BCUT2D eigenvalue weighted by atomic mass is 10.1. The molecule has 18 heavy (non-hydrogen) atoms. The fourth-order valence-electron chi connectivity index (χ4n) is 1.59. The monoisotopic (exact) mass is 308 g/mol. The normalized spacial score (nSPS) is 12.2. The van der Waals surface area contributed by atoms with Crippen LogP contribution in [0.2, 0.25) is 0 Å². The molecule has 94 valence electrons. The Hall–Kier alpha value is -1.46. The van der Waals surface area contributed by atoms with Gasteiger partial charge in [-0.05, 0) is 41.1 Å². The van der Waals surface area contributed by atoms with E-state index in [1.807, 2.05) is 13.0 Å². The van der Waals surface area contributed by atoms with Crippen LogP contribution in [0.1, 0.15) is 24.3 Å². The van der Waals surface area contributed by atoms with Crippen molar-refractivity contribution in [3.63, 3.8) is 0 Å². The molecule has 0 fully saturated rings. The first-order valence-corrected chi connectivity index (χ1v) is 6.38. The molecule has 2 rings (SSSR count). The number of hydrogen-bond acceptors (Lipinski definition) is 4. The second kappa shape index (κ2) is 5.93. The van der Waals surface area contributed by atoms with Crippen molar-refractivity contribution in [2.45, 2.75) is 13.0 Å². The summed E-state index contributed by atoms with van der Waals surface area (Å²) in [6.07, 6.45) is 4.04. The van der Waals surface area contributed by atoms with Crippen LogP contribution in [0.4, 0.5) is 0 Å². The molecule has 0 aliphatic carbocycles. The summed E-state index contributed by atoms with van der Waals surface area (Å²) < 4.78 is 6.12. The van der Waals surface area contributed by atoms with Crippen molar-refractivity contribution >= 4 is 15.9 Å². The molecule has 1 unspecified atom stereocenters. The molecule has 0 aliphatic heterocycles. The number of aliphatic hydroxyl groups is 1. The van der Waals surface area contributed by atoms with Crippen molar-refractivity contribution < 1.29 is 9.84 Å². The van der Waals surface area contributed by atoms with E-state index >= 15 is 0 Å². The molecule has 0 amide bonds. The lowest BCUT2D eigenvalue weighted by Crippen LogP contribution is -2.04. The van der Waals surface area contributed by atoms with E-state index in [0.29, 0.717) is 23.6 Å². The SMILES string of the molecule is CCOc1cncc(C(O)c2ncccc2Br)c1. The summed E-state index contributed by atoms with van der Waals surface area (Å²) >= 11 is 3.37. The maximum Gasteiger partial charge on any atom is 0.137 e. The van der Waals surface area contributed by atoms with Gasteiger partial charge in [0, 0.05) is 22.4 Å². The van der Waals surface area contributed by atoms with Gasteiger partial charge in [-0.25, -0.2) is 0 Å². The molecule has 0 radical (unpaired) electrons. The standard InChI is InChI=1S/C13H13BrN2O2/c1-2-18-10-6-9(7-15-8-10)13(17)12-11(14)4-3-5-16-12/h3-8,13,17H,2H2,1H3. The molecular weight excluding hydrogens is 296 g/mol. The van der Waals surface area contributed by atoms with E-state index in [2.05, 4.69) is 25.9 Å². The van der Waals surface area contributed by atoms with Gasteiger partial charge in [-0.3, -0.25) is 9.97 Å². The Morgan fingerprint density at radius 3 is 3.00 bits per heavy atom. The van der Waals surface area contributed by atoms with Crippen molar-refractivity contribution in [1.82, 2.24) is 9.97 Å². The predicted octanol–water partition coefficient (Wildman–Crippen LogP) is 2.72. The van der Waals surface area contributed by atoms with Crippen molar-refractivity contribution in [3.8, 4) is 5.75 Å². The van der Waals surface area contributed by atoms with Gasteiger partial charge in [-0.15, -0.1) is 0 Å². The first-order chi connectivity index (χ1) is 8.72. The molecule has 2 aromatic rings. The molecule has 0 bridgehead atoms. The van der Waals surface area contributed by atoms with Crippen LogP contribution in [0.5, 0.6) is 5.75 Å². The van der Waals surface area contributed by atoms with Gasteiger partial charge in [-0.2, -0.15) is 0 Å². The summed E-state index contributed by atoms with van der Waals surface area (Å²) in [5, 5.41) is 10.3. The highest BCUT2D eigenvalue weighted by Gasteiger charge is 2.15. The average molecular weight is 309 g/mol. The van der Waals surface area contributed by atoms with Crippen LogP contribution in [0.3, 0.4) is 0 Å². The number of halogens is 1. The minimum Gasteiger partial charge on any atom is -0.492 e. The summed E-state index contributed by atoms with van der Waals surface area (Å²) in [6, 6.07) is 5.41. The average Bonchev–Trinajstić information content (AvgIpc) is 2.39. The zero-order valence-electron chi connectivity index (χ0n) is 9.88. The number of pyridine rings is 2. The lowest BCUT2D eigenvalue weighted by Gasteiger charge is -2.12. The van der Waals surface area contributed by atoms with Gasteiger partial charge in [0.15, 0.2) is 0 Å². The minimum absolute atomic E-state index is 0.563. The summed E-state index contributed by atoms with van der Waals surface area (Å²) in [4.78, 5) is 8.22. The zero-order valence-corrected chi connectivity index (χ0v) is 11.5. The third kappa shape index (κ3) is 2.86. The Bertz CT molecular complexity index is 534. The number of ether oxygens (including phenoxy) is 1. The van der Waals surface area contributed by atoms with Gasteiger partial charge < -0.3 is 9.84 Å². The van der Waals surface area contributed by atoms with Gasteiger partial charge in [0.25, 0.3) is 0 Å². The highest BCUT2D eigenvalue weighted by atomic mass is 79.9. The van der Waals surface area contributed by atoms with Gasteiger partial charge in [0.1, 0.15) is 11.9 Å². The van der Waals surface area contributed by atoms with E-state index in [9.17, 15) is 5.11 Å². The minimum atomic E-state index is -0.825. The smallest absolute Gasteiger partial charge is 0.137 e. The van der Waals surface area contributed by atoms with E-state index in [4.69, 9.17) is 4.74 Å². The zero-order chi connectivity index (χ0) is 13.0. The van der Waals surface area contributed by atoms with Gasteiger partial charge in [0.2, 0.25) is 0 Å². The Balaban J connectivity index is 2.31. The second-order valence-corrected chi connectivity index (χ2v) is 4.51. The Kier molecular flexibility index (Phi) is 4.28. The Morgan fingerprint density at radius 2 is 2.28 bits per heavy atom. The molecule has 0 spiro atoms. The topological polar surface area (TPSA) is 55.2 Å². The molecule has 2 aromatic heterocycles. The van der Waals surface area contributed by atoms with Crippen LogP contribution in [0.15, 0.2) is 41.3 Å². The second-order valence-electron chi connectivity index (χ2n) is 3.66. The summed E-state index contributed by atoms with van der Waals surface area (Å²) in [7, 11) is 0. The highest BCUT2D eigenvalue weighted by molar-refractivity contribution is 9.10. The van der Waals surface area contributed by atoms with Gasteiger partial charge in [-0.1, -0.05) is 0 Å². The van der Waals surface area contributed by atoms with Crippen LogP contribution in [-0.2, 0) is 0 Å². The third-order valence-corrected chi connectivity index (χ3v) is 3.08. The van der Waals surface area contributed by atoms with Gasteiger partial charge >= 0.3 is 0 Å². The first-order valence-electron chi connectivity index (χ1n) is 5.58. The number of aliphatic hydroxyl groups excluding tert-OH is 1. The van der Waals surface area contributed by atoms with E-state index in [0.717, 1.165) is 4.47 Å². The number of nitrogens with zero attached hydrogens (tertiary/aromatic N) is 2. The lowest BCUT2D eigenvalue weighted by molar-refractivity contribution is 0.213. The molecular formula is C13H13BrN2O2. The summed E-state index contributed by atoms with van der Waals surface area (Å²) in [6.45, 7) is 2.47. The predicted molar refractivity (Wildman–Crippen MR) is 71.4 cm³/mol. The Morgan fingerprint density at radius 1 is 1.44 bits per heavy atom.